The van der Waals surface area contributed by atoms with Crippen molar-refractivity contribution in [3.05, 3.63) is 137 Å². The van der Waals surface area contributed by atoms with Crippen molar-refractivity contribution in [3.63, 3.8) is 0 Å². The van der Waals surface area contributed by atoms with E-state index in [9.17, 15) is 4.79 Å². The third-order valence-electron chi connectivity index (χ3n) is 6.80. The number of aromatic nitrogens is 1. The average Bonchev–Trinajstić information content (AvgIpc) is 3.74. The molecule has 176 valence electrons. The second-order valence-electron chi connectivity index (χ2n) is 9.00. The Balaban J connectivity index is 1.41. The normalized spacial score (nSPS) is 11.4. The highest BCUT2D eigenvalue weighted by Crippen LogP contribution is 2.38. The molecule has 0 saturated heterocycles. The highest BCUT2D eigenvalue weighted by molar-refractivity contribution is 7.13. The number of thiophene rings is 2. The lowest BCUT2D eigenvalue weighted by atomic mass is 10.0. The van der Waals surface area contributed by atoms with Gasteiger partial charge in [0.15, 0.2) is 5.78 Å². The van der Waals surface area contributed by atoms with Crippen LogP contribution in [0.4, 0.5) is 0 Å². The van der Waals surface area contributed by atoms with Crippen LogP contribution in [0.2, 0.25) is 0 Å². The molecule has 0 saturated carbocycles. The Kier molecular flexibility index (Phi) is 5.35. The van der Waals surface area contributed by atoms with Crippen molar-refractivity contribution >= 4 is 50.3 Å². The van der Waals surface area contributed by atoms with Gasteiger partial charge < -0.3 is 4.57 Å². The second kappa shape index (κ2) is 9.00. The molecule has 2 nitrogen and oxygen atoms in total. The van der Waals surface area contributed by atoms with Gasteiger partial charge in [-0.3, -0.25) is 4.79 Å². The SMILES string of the molecule is O=C(c1ccccc1)c1ccc(-n2c3ccc(-c4cccs4)cc3c3cc(-c4cccs4)ccc32)cc1. The molecule has 37 heavy (non-hydrogen) atoms. The van der Waals surface area contributed by atoms with Crippen molar-refractivity contribution in [2.45, 2.75) is 0 Å². The Morgan fingerprint density at radius 2 is 1.08 bits per heavy atom. The first-order valence-electron chi connectivity index (χ1n) is 12.1. The van der Waals surface area contributed by atoms with Crippen molar-refractivity contribution < 1.29 is 4.79 Å². The molecule has 0 amide bonds. The van der Waals surface area contributed by atoms with Gasteiger partial charge in [0.05, 0.1) is 11.0 Å². The van der Waals surface area contributed by atoms with Crippen LogP contribution in [0.15, 0.2) is 126 Å². The van der Waals surface area contributed by atoms with Crippen LogP contribution >= 0.6 is 22.7 Å². The number of benzene rings is 4. The zero-order valence-electron chi connectivity index (χ0n) is 19.8. The molecule has 0 aliphatic carbocycles. The maximum Gasteiger partial charge on any atom is 0.193 e. The summed E-state index contributed by atoms with van der Waals surface area (Å²) in [6, 6.07) is 39.4. The van der Waals surface area contributed by atoms with Crippen LogP contribution in [-0.2, 0) is 0 Å². The summed E-state index contributed by atoms with van der Waals surface area (Å²) in [7, 11) is 0. The van der Waals surface area contributed by atoms with E-state index in [0.717, 1.165) is 16.7 Å². The third-order valence-corrected chi connectivity index (χ3v) is 8.64. The van der Waals surface area contributed by atoms with E-state index in [1.54, 1.807) is 22.7 Å². The number of carbonyl (C=O) groups excluding carboxylic acids is 1. The van der Waals surface area contributed by atoms with E-state index in [0.29, 0.717) is 11.1 Å². The lowest BCUT2D eigenvalue weighted by Crippen LogP contribution is -2.01. The van der Waals surface area contributed by atoms with Crippen LogP contribution < -0.4 is 0 Å². The third kappa shape index (κ3) is 3.82. The van der Waals surface area contributed by atoms with E-state index in [-0.39, 0.29) is 5.78 Å². The maximum absolute atomic E-state index is 13.0. The summed E-state index contributed by atoms with van der Waals surface area (Å²) in [6.45, 7) is 0. The van der Waals surface area contributed by atoms with E-state index >= 15 is 0 Å². The predicted octanol–water partition coefficient (Wildman–Crippen LogP) is 9.47. The number of nitrogens with zero attached hydrogens (tertiary/aromatic N) is 1. The Labute approximate surface area is 222 Å². The minimum atomic E-state index is 0.0375. The zero-order chi connectivity index (χ0) is 24.8. The minimum Gasteiger partial charge on any atom is -0.309 e. The first-order chi connectivity index (χ1) is 18.3. The maximum atomic E-state index is 13.0. The highest BCUT2D eigenvalue weighted by Gasteiger charge is 2.16. The first-order valence-corrected chi connectivity index (χ1v) is 13.9. The Morgan fingerprint density at radius 1 is 0.541 bits per heavy atom. The monoisotopic (exact) mass is 511 g/mol. The van der Waals surface area contributed by atoms with Crippen LogP contribution in [0.5, 0.6) is 0 Å². The second-order valence-corrected chi connectivity index (χ2v) is 10.9. The van der Waals surface area contributed by atoms with Gasteiger partial charge in [-0.15, -0.1) is 22.7 Å². The van der Waals surface area contributed by atoms with E-state index in [2.05, 4.69) is 88.1 Å². The molecule has 3 heterocycles. The number of fused-ring (bicyclic) bond motifs is 3. The average molecular weight is 512 g/mol. The van der Waals surface area contributed by atoms with Crippen molar-refractivity contribution in [2.24, 2.45) is 0 Å². The number of ketones is 1. The highest BCUT2D eigenvalue weighted by atomic mass is 32.1. The summed E-state index contributed by atoms with van der Waals surface area (Å²) in [5.41, 5.74) is 7.20. The number of hydrogen-bond donors (Lipinski definition) is 0. The molecule has 0 atom stereocenters. The Hall–Kier alpha value is -4.25. The largest absolute Gasteiger partial charge is 0.309 e. The summed E-state index contributed by atoms with van der Waals surface area (Å²) in [5, 5.41) is 6.69. The van der Waals surface area contributed by atoms with Gasteiger partial charge >= 0.3 is 0 Å². The fraction of sp³-hybridized carbons (Fsp3) is 0. The predicted molar refractivity (Wildman–Crippen MR) is 157 cm³/mol. The van der Waals surface area contributed by atoms with Gasteiger partial charge in [0.25, 0.3) is 0 Å². The van der Waals surface area contributed by atoms with Crippen LogP contribution in [-0.4, -0.2) is 10.4 Å². The minimum absolute atomic E-state index is 0.0375. The Bertz CT molecular complexity index is 1770. The Morgan fingerprint density at radius 3 is 1.59 bits per heavy atom. The summed E-state index contributed by atoms with van der Waals surface area (Å²) >= 11 is 3.52. The van der Waals surface area contributed by atoms with Gasteiger partial charge in [0.1, 0.15) is 0 Å². The van der Waals surface area contributed by atoms with Gasteiger partial charge in [-0.2, -0.15) is 0 Å². The van der Waals surface area contributed by atoms with E-state index in [1.807, 2.05) is 42.5 Å². The molecular weight excluding hydrogens is 491 g/mol. The molecular formula is C33H21NOS2. The van der Waals surface area contributed by atoms with Crippen molar-refractivity contribution in [3.8, 4) is 26.6 Å². The van der Waals surface area contributed by atoms with Gasteiger partial charge in [-0.25, -0.2) is 0 Å². The van der Waals surface area contributed by atoms with Crippen LogP contribution in [0, 0.1) is 0 Å². The molecule has 0 N–H and O–H groups in total. The van der Waals surface area contributed by atoms with Crippen molar-refractivity contribution in [2.75, 3.05) is 0 Å². The molecule has 0 aliphatic rings. The van der Waals surface area contributed by atoms with Crippen LogP contribution in [0.25, 0.3) is 48.4 Å². The topological polar surface area (TPSA) is 22.0 Å². The number of carbonyl (C=O) groups is 1. The van der Waals surface area contributed by atoms with Gasteiger partial charge in [0.2, 0.25) is 0 Å². The molecule has 4 aromatic carbocycles. The van der Waals surface area contributed by atoms with E-state index < -0.39 is 0 Å². The van der Waals surface area contributed by atoms with Crippen LogP contribution in [0.3, 0.4) is 0 Å². The van der Waals surface area contributed by atoms with E-state index in [1.165, 1.54) is 31.7 Å². The van der Waals surface area contributed by atoms with Crippen molar-refractivity contribution in [1.29, 1.82) is 0 Å². The summed E-state index contributed by atoms with van der Waals surface area (Å²) < 4.78 is 2.30. The lowest BCUT2D eigenvalue weighted by molar-refractivity contribution is 0.103. The molecule has 3 aromatic heterocycles. The summed E-state index contributed by atoms with van der Waals surface area (Å²) in [5.74, 6) is 0.0375. The number of rotatable bonds is 5. The fourth-order valence-electron chi connectivity index (χ4n) is 5.01. The summed E-state index contributed by atoms with van der Waals surface area (Å²) in [4.78, 5) is 15.5. The van der Waals surface area contributed by atoms with Crippen molar-refractivity contribution in [1.82, 2.24) is 4.57 Å². The lowest BCUT2D eigenvalue weighted by Gasteiger charge is -2.10. The molecule has 0 aliphatic heterocycles. The molecule has 4 heteroatoms. The van der Waals surface area contributed by atoms with Gasteiger partial charge in [-0.1, -0.05) is 54.6 Å². The standard InChI is InChI=1S/C33H21NOS2/c35-33(22-6-2-1-3-7-22)23-10-14-26(15-11-23)34-29-16-12-24(31-8-4-18-36-31)20-27(29)28-21-25(13-17-30(28)34)32-9-5-19-37-32/h1-21H. The summed E-state index contributed by atoms with van der Waals surface area (Å²) in [6.07, 6.45) is 0. The van der Waals surface area contributed by atoms with E-state index in [4.69, 9.17) is 0 Å². The smallest absolute Gasteiger partial charge is 0.193 e. The molecule has 0 bridgehead atoms. The van der Waals surface area contributed by atoms with Gasteiger partial charge in [0, 0.05) is 37.3 Å². The first kappa shape index (κ1) is 22.0. The molecule has 0 spiro atoms. The molecule has 0 unspecified atom stereocenters. The zero-order valence-corrected chi connectivity index (χ0v) is 21.4. The number of hydrogen-bond acceptors (Lipinski definition) is 3. The molecule has 7 rings (SSSR count). The molecule has 0 fully saturated rings. The van der Waals surface area contributed by atoms with Crippen LogP contribution in [0.1, 0.15) is 15.9 Å². The van der Waals surface area contributed by atoms with Gasteiger partial charge in [-0.05, 0) is 82.6 Å². The fourth-order valence-corrected chi connectivity index (χ4v) is 6.46. The molecule has 0 radical (unpaired) electrons. The molecule has 7 aromatic rings. The quantitative estimate of drug-likeness (QED) is 0.211.